The van der Waals surface area contributed by atoms with Gasteiger partial charge in [-0.2, -0.15) is 0 Å². The number of likely N-dealkylation sites (N-methyl/N-ethyl adjacent to an activating group) is 1. The molecule has 0 bridgehead atoms. The van der Waals surface area contributed by atoms with Gasteiger partial charge in [0.1, 0.15) is 5.76 Å². The molecule has 1 aromatic rings. The molecular weight excluding hydrogens is 320 g/mol. The SMILES string of the molecule is CCN1CCN(C(=NCCc2ccco2)NC2CCOCC2)CC1=O. The first-order valence-corrected chi connectivity index (χ1v) is 9.20. The van der Waals surface area contributed by atoms with Gasteiger partial charge in [-0.3, -0.25) is 9.79 Å². The first-order chi connectivity index (χ1) is 12.3. The normalized spacial score (nSPS) is 20.2. The van der Waals surface area contributed by atoms with Crippen LogP contribution in [0.2, 0.25) is 0 Å². The number of nitrogens with zero attached hydrogens (tertiary/aromatic N) is 3. The zero-order chi connectivity index (χ0) is 17.5. The summed E-state index contributed by atoms with van der Waals surface area (Å²) < 4.78 is 10.8. The van der Waals surface area contributed by atoms with E-state index in [1.54, 1.807) is 6.26 Å². The Balaban J connectivity index is 1.63. The minimum Gasteiger partial charge on any atom is -0.469 e. The molecule has 1 N–H and O–H groups in total. The van der Waals surface area contributed by atoms with Crippen LogP contribution in [-0.2, 0) is 16.0 Å². The molecule has 0 atom stereocenters. The highest BCUT2D eigenvalue weighted by Gasteiger charge is 2.26. The molecule has 1 amide bonds. The number of guanidine groups is 1. The lowest BCUT2D eigenvalue weighted by molar-refractivity contribution is -0.134. The maximum Gasteiger partial charge on any atom is 0.242 e. The fourth-order valence-corrected chi connectivity index (χ4v) is 3.21. The fourth-order valence-electron chi connectivity index (χ4n) is 3.21. The van der Waals surface area contributed by atoms with Gasteiger partial charge in [-0.25, -0.2) is 0 Å². The van der Waals surface area contributed by atoms with Crippen LogP contribution in [0.3, 0.4) is 0 Å². The number of rotatable bonds is 5. The third-order valence-corrected chi connectivity index (χ3v) is 4.75. The lowest BCUT2D eigenvalue weighted by atomic mass is 10.1. The number of amides is 1. The molecule has 0 aliphatic carbocycles. The van der Waals surface area contributed by atoms with Crippen molar-refractivity contribution in [3.63, 3.8) is 0 Å². The van der Waals surface area contributed by atoms with E-state index in [-0.39, 0.29) is 5.91 Å². The molecule has 7 heteroatoms. The fraction of sp³-hybridized carbons (Fsp3) is 0.667. The van der Waals surface area contributed by atoms with Crippen LogP contribution in [0.1, 0.15) is 25.5 Å². The number of piperazine rings is 1. The number of carbonyl (C=O) groups excluding carboxylic acids is 1. The highest BCUT2D eigenvalue weighted by molar-refractivity contribution is 5.87. The van der Waals surface area contributed by atoms with E-state index in [9.17, 15) is 4.79 Å². The molecule has 25 heavy (non-hydrogen) atoms. The third-order valence-electron chi connectivity index (χ3n) is 4.75. The van der Waals surface area contributed by atoms with Gasteiger partial charge < -0.3 is 24.3 Å². The van der Waals surface area contributed by atoms with Crippen LogP contribution in [0.15, 0.2) is 27.8 Å². The van der Waals surface area contributed by atoms with Crippen LogP contribution in [0, 0.1) is 0 Å². The quantitative estimate of drug-likeness (QED) is 0.638. The molecule has 0 radical (unpaired) electrons. The van der Waals surface area contributed by atoms with Gasteiger partial charge in [0.25, 0.3) is 0 Å². The van der Waals surface area contributed by atoms with E-state index in [1.807, 2.05) is 24.0 Å². The van der Waals surface area contributed by atoms with Gasteiger partial charge in [-0.05, 0) is 31.9 Å². The van der Waals surface area contributed by atoms with Crippen LogP contribution in [0.4, 0.5) is 0 Å². The smallest absolute Gasteiger partial charge is 0.242 e. The molecule has 2 aliphatic heterocycles. The van der Waals surface area contributed by atoms with Gasteiger partial charge in [0, 0.05) is 51.9 Å². The molecule has 3 rings (SSSR count). The summed E-state index contributed by atoms with van der Waals surface area (Å²) in [5, 5.41) is 3.55. The van der Waals surface area contributed by atoms with Crippen molar-refractivity contribution in [2.45, 2.75) is 32.2 Å². The summed E-state index contributed by atoms with van der Waals surface area (Å²) in [5.74, 6) is 1.94. The van der Waals surface area contributed by atoms with E-state index in [2.05, 4.69) is 10.2 Å². The second-order valence-corrected chi connectivity index (χ2v) is 6.46. The van der Waals surface area contributed by atoms with Crippen molar-refractivity contribution in [2.24, 2.45) is 4.99 Å². The Morgan fingerprint density at radius 3 is 2.88 bits per heavy atom. The molecular formula is C18H28N4O3. The Labute approximate surface area is 149 Å². The topological polar surface area (TPSA) is 70.3 Å². The van der Waals surface area contributed by atoms with Crippen molar-refractivity contribution in [3.8, 4) is 0 Å². The minimum atomic E-state index is 0.168. The summed E-state index contributed by atoms with van der Waals surface area (Å²) in [4.78, 5) is 21.0. The van der Waals surface area contributed by atoms with E-state index in [0.29, 0.717) is 19.1 Å². The molecule has 3 heterocycles. The standard InChI is InChI=1S/C18H28N4O3/c1-2-21-9-10-22(14-17(21)23)18(20-15-6-12-24-13-7-15)19-8-5-16-4-3-11-25-16/h3-4,11,15H,2,5-10,12-14H2,1H3,(H,19,20). The summed E-state index contributed by atoms with van der Waals surface area (Å²) in [6.07, 6.45) is 4.39. The third kappa shape index (κ3) is 4.98. The first kappa shape index (κ1) is 17.8. The van der Waals surface area contributed by atoms with E-state index in [4.69, 9.17) is 14.1 Å². The minimum absolute atomic E-state index is 0.168. The summed E-state index contributed by atoms with van der Waals surface area (Å²) in [5.41, 5.74) is 0. The predicted molar refractivity (Wildman–Crippen MR) is 95.5 cm³/mol. The number of nitrogens with one attached hydrogen (secondary N) is 1. The van der Waals surface area contributed by atoms with Crippen LogP contribution in [-0.4, -0.2) is 73.6 Å². The Bertz CT molecular complexity index is 567. The number of hydrogen-bond acceptors (Lipinski definition) is 4. The molecule has 1 aromatic heterocycles. The van der Waals surface area contributed by atoms with Gasteiger partial charge in [0.15, 0.2) is 5.96 Å². The number of hydrogen-bond donors (Lipinski definition) is 1. The zero-order valence-corrected chi connectivity index (χ0v) is 14.9. The van der Waals surface area contributed by atoms with Crippen LogP contribution < -0.4 is 5.32 Å². The van der Waals surface area contributed by atoms with E-state index >= 15 is 0 Å². The second-order valence-electron chi connectivity index (χ2n) is 6.46. The molecule has 0 spiro atoms. The number of carbonyl (C=O) groups is 1. The van der Waals surface area contributed by atoms with Crippen molar-refractivity contribution in [1.82, 2.24) is 15.1 Å². The van der Waals surface area contributed by atoms with Gasteiger partial charge >= 0.3 is 0 Å². The largest absolute Gasteiger partial charge is 0.469 e. The maximum absolute atomic E-state index is 12.3. The van der Waals surface area contributed by atoms with Crippen molar-refractivity contribution >= 4 is 11.9 Å². The van der Waals surface area contributed by atoms with Crippen molar-refractivity contribution in [3.05, 3.63) is 24.2 Å². The summed E-state index contributed by atoms with van der Waals surface area (Å²) >= 11 is 0. The monoisotopic (exact) mass is 348 g/mol. The summed E-state index contributed by atoms with van der Waals surface area (Å²) in [7, 11) is 0. The first-order valence-electron chi connectivity index (χ1n) is 9.20. The van der Waals surface area contributed by atoms with Crippen LogP contribution in [0.5, 0.6) is 0 Å². The lowest BCUT2D eigenvalue weighted by Crippen LogP contribution is -2.57. The predicted octanol–water partition coefficient (Wildman–Crippen LogP) is 1.11. The van der Waals surface area contributed by atoms with E-state index in [1.165, 1.54) is 0 Å². The van der Waals surface area contributed by atoms with Gasteiger partial charge in [0.05, 0.1) is 12.8 Å². The second kappa shape index (κ2) is 8.89. The molecule has 7 nitrogen and oxygen atoms in total. The van der Waals surface area contributed by atoms with Gasteiger partial charge in [0.2, 0.25) is 5.91 Å². The maximum atomic E-state index is 12.3. The van der Waals surface area contributed by atoms with Crippen LogP contribution in [0.25, 0.3) is 0 Å². The summed E-state index contributed by atoms with van der Waals surface area (Å²) in [6, 6.07) is 4.21. The molecule has 0 aromatic carbocycles. The summed E-state index contributed by atoms with van der Waals surface area (Å²) in [6.45, 7) is 6.94. The number of ether oxygens (including phenoxy) is 1. The number of furan rings is 1. The molecule has 2 saturated heterocycles. The average molecular weight is 348 g/mol. The Morgan fingerprint density at radius 1 is 1.36 bits per heavy atom. The van der Waals surface area contributed by atoms with Crippen molar-refractivity contribution in [2.75, 3.05) is 45.9 Å². The van der Waals surface area contributed by atoms with Crippen LogP contribution >= 0.6 is 0 Å². The van der Waals surface area contributed by atoms with Crippen molar-refractivity contribution < 1.29 is 13.9 Å². The highest BCUT2D eigenvalue weighted by Crippen LogP contribution is 2.10. The van der Waals surface area contributed by atoms with Gasteiger partial charge in [-0.1, -0.05) is 0 Å². The molecule has 2 fully saturated rings. The Hall–Kier alpha value is -2.02. The lowest BCUT2D eigenvalue weighted by Gasteiger charge is -2.37. The number of aliphatic imine (C=N–C) groups is 1. The molecule has 0 unspecified atom stereocenters. The molecule has 2 aliphatic rings. The van der Waals surface area contributed by atoms with Crippen molar-refractivity contribution in [1.29, 1.82) is 0 Å². The van der Waals surface area contributed by atoms with E-state index < -0.39 is 0 Å². The van der Waals surface area contributed by atoms with E-state index in [0.717, 1.165) is 63.8 Å². The average Bonchev–Trinajstić information content (AvgIpc) is 3.15. The van der Waals surface area contributed by atoms with Gasteiger partial charge in [-0.15, -0.1) is 0 Å². The molecule has 0 saturated carbocycles. The Morgan fingerprint density at radius 2 is 2.20 bits per heavy atom. The highest BCUT2D eigenvalue weighted by atomic mass is 16.5. The molecule has 138 valence electrons. The zero-order valence-electron chi connectivity index (χ0n) is 14.9. The Kier molecular flexibility index (Phi) is 6.33.